The van der Waals surface area contributed by atoms with Crippen LogP contribution in [0.4, 0.5) is 0 Å². The second-order valence-electron chi connectivity index (χ2n) is 7.02. The Morgan fingerprint density at radius 1 is 1.39 bits per heavy atom. The fourth-order valence-electron chi connectivity index (χ4n) is 3.17. The number of rotatable bonds is 6. The zero-order valence-corrected chi connectivity index (χ0v) is 18.8. The van der Waals surface area contributed by atoms with Crippen LogP contribution in [0.3, 0.4) is 0 Å². The Hall–Kier alpha value is -1.35. The molecule has 4 rings (SSSR count). The molecule has 1 amide bonds. The number of amides is 1. The van der Waals surface area contributed by atoms with E-state index in [4.69, 9.17) is 16.0 Å². The van der Waals surface area contributed by atoms with Crippen molar-refractivity contribution in [3.05, 3.63) is 37.9 Å². The molecule has 0 saturated heterocycles. The van der Waals surface area contributed by atoms with Gasteiger partial charge in [-0.15, -0.1) is 32.9 Å². The molecule has 3 heterocycles. The molecule has 0 saturated carbocycles. The second kappa shape index (κ2) is 8.57. The van der Waals surface area contributed by atoms with Crippen molar-refractivity contribution < 1.29 is 9.21 Å². The summed E-state index contributed by atoms with van der Waals surface area (Å²) >= 11 is 10.4. The summed E-state index contributed by atoms with van der Waals surface area (Å²) in [7, 11) is 1.78. The zero-order chi connectivity index (χ0) is 19.7. The maximum atomic E-state index is 12.4. The molecule has 28 heavy (non-hydrogen) atoms. The largest absolute Gasteiger partial charge is 0.410 e. The number of hydrogen-bond donors (Lipinski definition) is 0. The highest BCUT2D eigenvalue weighted by atomic mass is 35.5. The summed E-state index contributed by atoms with van der Waals surface area (Å²) in [5.74, 6) is 1.55. The summed E-state index contributed by atoms with van der Waals surface area (Å²) in [6.07, 6.45) is 3.50. The number of thioether (sulfide) groups is 1. The van der Waals surface area contributed by atoms with Crippen LogP contribution in [0.2, 0.25) is 4.34 Å². The lowest BCUT2D eigenvalue weighted by atomic mass is 9.90. The minimum atomic E-state index is 0.00912. The van der Waals surface area contributed by atoms with Crippen molar-refractivity contribution >= 4 is 51.9 Å². The molecule has 0 aliphatic heterocycles. The Kier molecular flexibility index (Phi) is 6.10. The predicted octanol–water partition coefficient (Wildman–Crippen LogP) is 5.39. The van der Waals surface area contributed by atoms with E-state index < -0.39 is 0 Å². The Balaban J connectivity index is 1.34. The molecule has 0 radical (unpaired) electrons. The van der Waals surface area contributed by atoms with E-state index in [1.165, 1.54) is 40.0 Å². The van der Waals surface area contributed by atoms with Crippen LogP contribution >= 0.6 is 46.0 Å². The number of carbonyl (C=O) groups excluding carboxylic acids is 1. The molecular formula is C19H20ClN3O2S3. The van der Waals surface area contributed by atoms with E-state index in [0.29, 0.717) is 17.7 Å². The van der Waals surface area contributed by atoms with Crippen molar-refractivity contribution in [2.75, 3.05) is 12.8 Å². The first kappa shape index (κ1) is 19.9. The summed E-state index contributed by atoms with van der Waals surface area (Å²) in [5.41, 5.74) is 1.41. The molecule has 0 aromatic carbocycles. The van der Waals surface area contributed by atoms with Crippen LogP contribution in [0.1, 0.15) is 28.7 Å². The highest BCUT2D eigenvalue weighted by Gasteiger charge is 2.21. The molecule has 0 fully saturated rings. The number of aromatic nitrogens is 2. The van der Waals surface area contributed by atoms with Gasteiger partial charge in [-0.1, -0.05) is 30.3 Å². The summed E-state index contributed by atoms with van der Waals surface area (Å²) in [6.45, 7) is 2.84. The molecule has 0 unspecified atom stereocenters. The summed E-state index contributed by atoms with van der Waals surface area (Å²) < 4.78 is 6.52. The van der Waals surface area contributed by atoms with Gasteiger partial charge >= 0.3 is 0 Å². The number of thiophene rings is 2. The van der Waals surface area contributed by atoms with Crippen LogP contribution in [-0.2, 0) is 24.2 Å². The topological polar surface area (TPSA) is 59.2 Å². The minimum absolute atomic E-state index is 0.00912. The normalized spacial score (nSPS) is 16.2. The first-order chi connectivity index (χ1) is 13.5. The summed E-state index contributed by atoms with van der Waals surface area (Å²) in [5, 5.41) is 8.70. The van der Waals surface area contributed by atoms with Crippen LogP contribution in [0, 0.1) is 5.92 Å². The quantitative estimate of drug-likeness (QED) is 0.468. The average molecular weight is 454 g/mol. The van der Waals surface area contributed by atoms with E-state index in [1.807, 2.05) is 12.1 Å². The van der Waals surface area contributed by atoms with E-state index in [1.54, 1.807) is 23.3 Å². The van der Waals surface area contributed by atoms with Gasteiger partial charge in [-0.2, -0.15) is 0 Å². The fourth-order valence-corrected chi connectivity index (χ4v) is 6.15. The van der Waals surface area contributed by atoms with E-state index in [-0.39, 0.29) is 11.7 Å². The van der Waals surface area contributed by atoms with E-state index >= 15 is 0 Å². The Labute approximate surface area is 181 Å². The van der Waals surface area contributed by atoms with Crippen molar-refractivity contribution in [2.24, 2.45) is 5.92 Å². The Morgan fingerprint density at radius 3 is 3.04 bits per heavy atom. The minimum Gasteiger partial charge on any atom is -0.410 e. The smallest absolute Gasteiger partial charge is 0.277 e. The highest BCUT2D eigenvalue weighted by molar-refractivity contribution is 7.99. The highest BCUT2D eigenvalue weighted by Crippen LogP contribution is 2.37. The average Bonchev–Trinajstić information content (AvgIpc) is 3.38. The van der Waals surface area contributed by atoms with Crippen LogP contribution in [0.15, 0.2) is 27.8 Å². The summed E-state index contributed by atoms with van der Waals surface area (Å²) in [4.78, 5) is 17.6. The lowest BCUT2D eigenvalue weighted by Gasteiger charge is -2.16. The maximum Gasteiger partial charge on any atom is 0.277 e. The maximum absolute atomic E-state index is 12.4. The SMILES string of the molecule is C[C@@H]1CCc2sc(-c3nnc(SCC(=O)N(C)Cc4ccc(Cl)s4)o3)cc2C1. The standard InChI is InChI=1S/C19H20ClN3O2S3/c1-11-3-5-14-12(7-11)8-15(28-14)18-21-22-19(25-18)26-10-17(24)23(2)9-13-4-6-16(20)27-13/h4,6,8,11H,3,5,7,9-10H2,1-2H3/t11-/m1/s1. The fraction of sp³-hybridized carbons (Fsp3) is 0.421. The van der Waals surface area contributed by atoms with Crippen molar-refractivity contribution in [2.45, 2.75) is 38.0 Å². The first-order valence-electron chi connectivity index (χ1n) is 9.04. The molecule has 0 N–H and O–H groups in total. The number of fused-ring (bicyclic) bond motifs is 1. The predicted molar refractivity (Wildman–Crippen MR) is 115 cm³/mol. The lowest BCUT2D eigenvalue weighted by molar-refractivity contribution is -0.127. The molecule has 0 spiro atoms. The van der Waals surface area contributed by atoms with Crippen molar-refractivity contribution in [1.29, 1.82) is 0 Å². The third-order valence-electron chi connectivity index (χ3n) is 4.71. The van der Waals surface area contributed by atoms with E-state index in [0.717, 1.165) is 32.9 Å². The number of carbonyl (C=O) groups is 1. The van der Waals surface area contributed by atoms with Gasteiger partial charge in [0.25, 0.3) is 11.1 Å². The van der Waals surface area contributed by atoms with Gasteiger partial charge in [0.1, 0.15) is 0 Å². The number of aryl methyl sites for hydroxylation is 1. The first-order valence-corrected chi connectivity index (χ1v) is 12.0. The molecule has 1 atom stereocenters. The van der Waals surface area contributed by atoms with Crippen molar-refractivity contribution in [1.82, 2.24) is 15.1 Å². The monoisotopic (exact) mass is 453 g/mol. The van der Waals surface area contributed by atoms with Gasteiger partial charge < -0.3 is 9.32 Å². The van der Waals surface area contributed by atoms with Crippen LogP contribution in [-0.4, -0.2) is 33.8 Å². The summed E-state index contributed by atoms with van der Waals surface area (Å²) in [6, 6.07) is 5.97. The molecule has 1 aliphatic carbocycles. The van der Waals surface area contributed by atoms with Crippen LogP contribution in [0.5, 0.6) is 0 Å². The third-order valence-corrected chi connectivity index (χ3v) is 7.96. The number of nitrogens with zero attached hydrogens (tertiary/aromatic N) is 3. The van der Waals surface area contributed by atoms with Crippen molar-refractivity contribution in [3.63, 3.8) is 0 Å². The molecule has 0 bridgehead atoms. The van der Waals surface area contributed by atoms with Gasteiger partial charge in [0.2, 0.25) is 5.91 Å². The Bertz CT molecular complexity index is 981. The Morgan fingerprint density at radius 2 is 2.25 bits per heavy atom. The van der Waals surface area contributed by atoms with Crippen LogP contribution < -0.4 is 0 Å². The molecular weight excluding hydrogens is 434 g/mol. The molecule has 3 aromatic rings. The molecule has 9 heteroatoms. The van der Waals surface area contributed by atoms with Crippen molar-refractivity contribution in [3.8, 4) is 10.8 Å². The second-order valence-corrected chi connectivity index (χ2v) is 10.9. The lowest BCUT2D eigenvalue weighted by Crippen LogP contribution is -2.27. The van der Waals surface area contributed by atoms with Gasteiger partial charge in [0.05, 0.1) is 21.5 Å². The molecule has 5 nitrogen and oxygen atoms in total. The molecule has 3 aromatic heterocycles. The van der Waals surface area contributed by atoms with Crippen LogP contribution in [0.25, 0.3) is 10.8 Å². The molecule has 148 valence electrons. The third kappa shape index (κ3) is 4.62. The van der Waals surface area contributed by atoms with Gasteiger partial charge in [0, 0.05) is 16.8 Å². The van der Waals surface area contributed by atoms with E-state index in [2.05, 4.69) is 23.2 Å². The van der Waals surface area contributed by atoms with Gasteiger partial charge in [0.15, 0.2) is 0 Å². The van der Waals surface area contributed by atoms with Gasteiger partial charge in [-0.05, 0) is 48.9 Å². The zero-order valence-electron chi connectivity index (χ0n) is 15.6. The van der Waals surface area contributed by atoms with E-state index in [9.17, 15) is 4.79 Å². The van der Waals surface area contributed by atoms with Gasteiger partial charge in [-0.25, -0.2) is 0 Å². The number of hydrogen-bond acceptors (Lipinski definition) is 7. The van der Waals surface area contributed by atoms with Gasteiger partial charge in [-0.3, -0.25) is 4.79 Å². The number of halogens is 1. The molecule has 1 aliphatic rings.